The van der Waals surface area contributed by atoms with Gasteiger partial charge >= 0.3 is 0 Å². The van der Waals surface area contributed by atoms with Crippen LogP contribution in [0.1, 0.15) is 35.7 Å². The van der Waals surface area contributed by atoms with E-state index in [9.17, 15) is 9.90 Å². The first-order chi connectivity index (χ1) is 15.7. The molecule has 3 aromatic carbocycles. The maximum atomic E-state index is 12.8. The van der Waals surface area contributed by atoms with Crippen LogP contribution in [0, 0.1) is 0 Å². The standard InChI is InChI=1S/C26H25N3O3/c1-2-32-23-17-20-21(13-15-28-16-14-22(30)24(25(20)28)26(23)31)27-29(18-9-5-3-6-10-18)19-11-7-4-8-12-19/h3-12,17,31H,2,13-16H2,1H3. The summed E-state index contributed by atoms with van der Waals surface area (Å²) in [5, 5.41) is 17.8. The highest BCUT2D eigenvalue weighted by Crippen LogP contribution is 2.45. The molecule has 0 atom stereocenters. The van der Waals surface area contributed by atoms with E-state index in [4.69, 9.17) is 9.84 Å². The number of carbonyl (C=O) groups excluding carboxylic acids is 1. The number of ketones is 1. The van der Waals surface area contributed by atoms with Crippen LogP contribution in [0.5, 0.6) is 11.5 Å². The van der Waals surface area contributed by atoms with Crippen molar-refractivity contribution < 1.29 is 14.6 Å². The van der Waals surface area contributed by atoms with E-state index >= 15 is 0 Å². The summed E-state index contributed by atoms with van der Waals surface area (Å²) in [6.45, 7) is 3.66. The fraction of sp³-hybridized carbons (Fsp3) is 0.231. The molecule has 2 aliphatic heterocycles. The third-order valence-corrected chi connectivity index (χ3v) is 5.89. The van der Waals surface area contributed by atoms with E-state index in [2.05, 4.69) is 4.90 Å². The number of nitrogens with zero attached hydrogens (tertiary/aromatic N) is 3. The van der Waals surface area contributed by atoms with Gasteiger partial charge in [-0.1, -0.05) is 36.4 Å². The molecule has 0 bridgehead atoms. The molecule has 2 aliphatic rings. The Kier molecular flexibility index (Phi) is 5.27. The number of hydrogen-bond acceptors (Lipinski definition) is 6. The Bertz CT molecular complexity index is 1140. The lowest BCUT2D eigenvalue weighted by molar-refractivity contribution is 0.0976. The number of hydrogen-bond donors (Lipinski definition) is 1. The number of carbonyl (C=O) groups is 1. The number of rotatable bonds is 5. The smallest absolute Gasteiger partial charge is 0.170 e. The molecule has 1 N–H and O–H groups in total. The number of hydrazone groups is 1. The molecule has 6 heteroatoms. The minimum atomic E-state index is -0.0653. The lowest BCUT2D eigenvalue weighted by Gasteiger charge is -2.37. The van der Waals surface area contributed by atoms with Crippen LogP contribution < -0.4 is 14.6 Å². The third kappa shape index (κ3) is 3.47. The van der Waals surface area contributed by atoms with Gasteiger partial charge < -0.3 is 14.7 Å². The number of ether oxygens (including phenoxy) is 1. The average molecular weight is 428 g/mol. The Labute approximate surface area is 187 Å². The number of aromatic hydroxyl groups is 1. The van der Waals surface area contributed by atoms with E-state index in [1.165, 1.54) is 0 Å². The summed E-state index contributed by atoms with van der Waals surface area (Å²) in [5.41, 5.74) is 4.73. The van der Waals surface area contributed by atoms with Crippen LogP contribution in [0.4, 0.5) is 17.1 Å². The Morgan fingerprint density at radius 2 is 1.62 bits per heavy atom. The quantitative estimate of drug-likeness (QED) is 0.572. The number of phenolic OH excluding ortho intramolecular Hbond substituents is 1. The molecular formula is C26H25N3O3. The monoisotopic (exact) mass is 427 g/mol. The highest BCUT2D eigenvalue weighted by molar-refractivity contribution is 6.16. The molecule has 3 aromatic rings. The van der Waals surface area contributed by atoms with Gasteiger partial charge in [-0.15, -0.1) is 0 Å². The summed E-state index contributed by atoms with van der Waals surface area (Å²) in [6.07, 6.45) is 1.12. The van der Waals surface area contributed by atoms with Crippen LogP contribution >= 0.6 is 0 Å². The van der Waals surface area contributed by atoms with E-state index in [0.717, 1.165) is 41.3 Å². The van der Waals surface area contributed by atoms with Crippen molar-refractivity contribution in [3.05, 3.63) is 77.9 Å². The van der Waals surface area contributed by atoms with Crippen molar-refractivity contribution in [3.63, 3.8) is 0 Å². The van der Waals surface area contributed by atoms with Crippen molar-refractivity contribution in [2.24, 2.45) is 5.10 Å². The van der Waals surface area contributed by atoms with Crippen LogP contribution in [0.3, 0.4) is 0 Å². The number of phenols is 1. The zero-order valence-electron chi connectivity index (χ0n) is 18.0. The zero-order chi connectivity index (χ0) is 22.1. The second-order valence-corrected chi connectivity index (χ2v) is 7.87. The van der Waals surface area contributed by atoms with E-state index < -0.39 is 0 Å². The summed E-state index contributed by atoms with van der Waals surface area (Å²) in [6, 6.07) is 21.8. The van der Waals surface area contributed by atoms with Crippen LogP contribution in [0.15, 0.2) is 71.8 Å². The first-order valence-corrected chi connectivity index (χ1v) is 11.0. The first kappa shape index (κ1) is 20.1. The van der Waals surface area contributed by atoms with Crippen molar-refractivity contribution >= 4 is 28.6 Å². The largest absolute Gasteiger partial charge is 0.504 e. The average Bonchev–Trinajstić information content (AvgIpc) is 2.83. The van der Waals surface area contributed by atoms with Crippen molar-refractivity contribution in [2.45, 2.75) is 19.8 Å². The number of anilines is 3. The minimum Gasteiger partial charge on any atom is -0.504 e. The van der Waals surface area contributed by atoms with Gasteiger partial charge in [-0.05, 0) is 37.3 Å². The first-order valence-electron chi connectivity index (χ1n) is 11.0. The maximum Gasteiger partial charge on any atom is 0.170 e. The van der Waals surface area contributed by atoms with Crippen LogP contribution in [-0.2, 0) is 0 Å². The lowest BCUT2D eigenvalue weighted by Crippen LogP contribution is -2.39. The minimum absolute atomic E-state index is 0.0548. The Hall–Kier alpha value is -3.80. The fourth-order valence-electron chi connectivity index (χ4n) is 4.42. The molecule has 2 heterocycles. The van der Waals surface area contributed by atoms with Crippen LogP contribution in [-0.4, -0.2) is 36.3 Å². The molecule has 0 unspecified atom stereocenters. The number of Topliss-reactive ketones (excluding diaryl/α,β-unsaturated/α-hetero) is 1. The van der Waals surface area contributed by atoms with Gasteiger partial charge in [0.05, 0.1) is 34.9 Å². The highest BCUT2D eigenvalue weighted by atomic mass is 16.5. The third-order valence-electron chi connectivity index (χ3n) is 5.89. The zero-order valence-corrected chi connectivity index (χ0v) is 18.0. The van der Waals surface area contributed by atoms with Crippen molar-refractivity contribution in [1.82, 2.24) is 0 Å². The van der Waals surface area contributed by atoms with Crippen molar-refractivity contribution in [1.29, 1.82) is 0 Å². The van der Waals surface area contributed by atoms with Crippen molar-refractivity contribution in [2.75, 3.05) is 29.6 Å². The molecular weight excluding hydrogens is 402 g/mol. The maximum absolute atomic E-state index is 12.8. The van der Waals surface area contributed by atoms with Crippen LogP contribution in [0.25, 0.3) is 0 Å². The van der Waals surface area contributed by atoms with E-state index in [1.54, 1.807) is 0 Å². The Morgan fingerprint density at radius 1 is 1.00 bits per heavy atom. The van der Waals surface area contributed by atoms with Gasteiger partial charge in [0.15, 0.2) is 17.3 Å². The van der Waals surface area contributed by atoms with E-state index in [1.807, 2.05) is 78.7 Å². The molecule has 0 aromatic heterocycles. The number of benzene rings is 3. The second-order valence-electron chi connectivity index (χ2n) is 7.87. The lowest BCUT2D eigenvalue weighted by atomic mass is 9.89. The SMILES string of the molecule is CCOc1cc2c3c(c1O)C(=O)CCN3CCC2=NN(c1ccccc1)c1ccccc1. The van der Waals surface area contributed by atoms with Gasteiger partial charge in [0.1, 0.15) is 0 Å². The summed E-state index contributed by atoms with van der Waals surface area (Å²) < 4.78 is 5.69. The highest BCUT2D eigenvalue weighted by Gasteiger charge is 2.35. The predicted octanol–water partition coefficient (Wildman–Crippen LogP) is 5.13. The summed E-state index contributed by atoms with van der Waals surface area (Å²) in [4.78, 5) is 15.0. The molecule has 0 saturated carbocycles. The molecule has 6 nitrogen and oxygen atoms in total. The molecule has 0 saturated heterocycles. The Morgan fingerprint density at radius 3 is 2.25 bits per heavy atom. The van der Waals surface area contributed by atoms with Crippen LogP contribution in [0.2, 0.25) is 0 Å². The Balaban J connectivity index is 1.70. The van der Waals surface area contributed by atoms with Gasteiger partial charge in [0, 0.05) is 31.5 Å². The van der Waals surface area contributed by atoms with Gasteiger partial charge in [0.25, 0.3) is 0 Å². The normalized spacial score (nSPS) is 16.1. The molecule has 0 aliphatic carbocycles. The van der Waals surface area contributed by atoms with Gasteiger partial charge in [-0.2, -0.15) is 5.10 Å². The number of para-hydroxylation sites is 2. The molecule has 0 fully saturated rings. The molecule has 0 amide bonds. The van der Waals surface area contributed by atoms with E-state index in [-0.39, 0.29) is 11.5 Å². The van der Waals surface area contributed by atoms with Gasteiger partial charge in [-0.25, -0.2) is 5.01 Å². The summed E-state index contributed by atoms with van der Waals surface area (Å²) in [7, 11) is 0. The van der Waals surface area contributed by atoms with Crippen molar-refractivity contribution in [3.8, 4) is 11.5 Å². The van der Waals surface area contributed by atoms with Gasteiger partial charge in [-0.3, -0.25) is 4.79 Å². The topological polar surface area (TPSA) is 65.4 Å². The van der Waals surface area contributed by atoms with Gasteiger partial charge in [0.2, 0.25) is 0 Å². The molecule has 0 spiro atoms. The summed E-state index contributed by atoms with van der Waals surface area (Å²) in [5.74, 6) is 0.210. The molecule has 32 heavy (non-hydrogen) atoms. The second kappa shape index (κ2) is 8.38. The molecule has 5 rings (SSSR count). The van der Waals surface area contributed by atoms with E-state index in [0.29, 0.717) is 30.9 Å². The molecule has 162 valence electrons. The predicted molar refractivity (Wildman–Crippen MR) is 127 cm³/mol. The molecule has 0 radical (unpaired) electrons. The summed E-state index contributed by atoms with van der Waals surface area (Å²) >= 11 is 0. The fourth-order valence-corrected chi connectivity index (χ4v) is 4.42.